The maximum Gasteiger partial charge on any atom is 0.256 e. The van der Waals surface area contributed by atoms with Crippen molar-refractivity contribution in [1.82, 2.24) is 15.2 Å². The molecule has 7 nitrogen and oxygen atoms in total. The van der Waals surface area contributed by atoms with Gasteiger partial charge in [-0.05, 0) is 49.6 Å². The van der Waals surface area contributed by atoms with E-state index in [0.717, 1.165) is 44.1 Å². The summed E-state index contributed by atoms with van der Waals surface area (Å²) >= 11 is 0. The van der Waals surface area contributed by atoms with Crippen LogP contribution in [0.4, 0.5) is 10.1 Å². The highest BCUT2D eigenvalue weighted by molar-refractivity contribution is 6.34. The van der Waals surface area contributed by atoms with Gasteiger partial charge >= 0.3 is 0 Å². The first-order valence-electron chi connectivity index (χ1n) is 10.9. The summed E-state index contributed by atoms with van der Waals surface area (Å²) in [5.41, 5.74) is 4.19. The number of hydrogen-bond donors (Lipinski definition) is 3. The topological polar surface area (TPSA) is 86.5 Å². The minimum Gasteiger partial charge on any atom is -0.379 e. The fraction of sp³-hybridized carbons (Fsp3) is 0.417. The van der Waals surface area contributed by atoms with Gasteiger partial charge in [-0.25, -0.2) is 4.39 Å². The van der Waals surface area contributed by atoms with Gasteiger partial charge in [0.15, 0.2) is 0 Å². The third kappa shape index (κ3) is 4.61. The molecule has 2 aliphatic rings. The van der Waals surface area contributed by atoms with Crippen LogP contribution in [0.25, 0.3) is 11.6 Å². The lowest BCUT2D eigenvalue weighted by Gasteiger charge is -2.29. The number of aromatic amines is 1. The van der Waals surface area contributed by atoms with E-state index in [1.807, 2.05) is 13.8 Å². The van der Waals surface area contributed by atoms with E-state index in [1.54, 1.807) is 12.1 Å². The number of benzene rings is 1. The Bertz CT molecular complexity index is 1070. The van der Waals surface area contributed by atoms with Gasteiger partial charge in [0.05, 0.1) is 24.4 Å². The highest BCUT2D eigenvalue weighted by Gasteiger charge is 2.26. The number of morpholine rings is 1. The fourth-order valence-corrected chi connectivity index (χ4v) is 4.35. The van der Waals surface area contributed by atoms with Crippen LogP contribution in [0.2, 0.25) is 0 Å². The number of nitrogens with zero attached hydrogens (tertiary/aromatic N) is 1. The average molecular weight is 441 g/mol. The number of rotatable bonds is 6. The lowest BCUT2D eigenvalue weighted by molar-refractivity contribution is -0.110. The smallest absolute Gasteiger partial charge is 0.256 e. The first-order valence-corrected chi connectivity index (χ1v) is 10.9. The molecule has 0 unspecified atom stereocenters. The molecule has 0 spiro atoms. The van der Waals surface area contributed by atoms with Crippen molar-refractivity contribution in [1.29, 1.82) is 0 Å². The Kier molecular flexibility index (Phi) is 6.43. The van der Waals surface area contributed by atoms with Crippen LogP contribution >= 0.6 is 0 Å². The van der Waals surface area contributed by atoms with Crippen LogP contribution in [0.5, 0.6) is 0 Å². The number of nitrogens with one attached hydrogen (secondary N) is 3. The highest BCUT2D eigenvalue weighted by Crippen LogP contribution is 2.34. The van der Waals surface area contributed by atoms with Gasteiger partial charge in [0.2, 0.25) is 0 Å². The maximum absolute atomic E-state index is 13.7. The van der Waals surface area contributed by atoms with E-state index in [2.05, 4.69) is 27.4 Å². The van der Waals surface area contributed by atoms with Crippen molar-refractivity contribution in [2.75, 3.05) is 44.7 Å². The molecule has 4 rings (SSSR count). The molecule has 1 atom stereocenters. The van der Waals surface area contributed by atoms with Gasteiger partial charge in [-0.3, -0.25) is 14.5 Å². The third-order valence-corrected chi connectivity index (χ3v) is 6.04. The Balaban J connectivity index is 1.47. The van der Waals surface area contributed by atoms with Gasteiger partial charge < -0.3 is 20.4 Å². The number of carbonyl (C=O) groups excluding carboxylic acids is 2. The summed E-state index contributed by atoms with van der Waals surface area (Å²) in [6, 6.07) is 4.20. The van der Waals surface area contributed by atoms with E-state index < -0.39 is 5.82 Å². The zero-order valence-electron chi connectivity index (χ0n) is 18.7. The molecule has 1 fully saturated rings. The Labute approximate surface area is 187 Å². The predicted molar refractivity (Wildman–Crippen MR) is 122 cm³/mol. The van der Waals surface area contributed by atoms with Gasteiger partial charge in [-0.15, -0.1) is 0 Å². The van der Waals surface area contributed by atoms with Gasteiger partial charge in [0, 0.05) is 48.8 Å². The number of anilines is 1. The van der Waals surface area contributed by atoms with Gasteiger partial charge in [-0.1, -0.05) is 6.92 Å². The largest absolute Gasteiger partial charge is 0.379 e. The monoisotopic (exact) mass is 440 g/mol. The summed E-state index contributed by atoms with van der Waals surface area (Å²) in [6.45, 7) is 10.7. The van der Waals surface area contributed by atoms with Crippen molar-refractivity contribution in [3.63, 3.8) is 0 Å². The van der Waals surface area contributed by atoms with Crippen LogP contribution < -0.4 is 10.6 Å². The fourth-order valence-electron chi connectivity index (χ4n) is 4.35. The molecular weight excluding hydrogens is 411 g/mol. The molecule has 1 aromatic heterocycles. The lowest BCUT2D eigenvalue weighted by Crippen LogP contribution is -2.41. The first kappa shape index (κ1) is 22.2. The number of aryl methyl sites for hydroxylation is 1. The number of H-pyrrole nitrogens is 1. The molecule has 0 radical (unpaired) electrons. The number of ether oxygens (including phenoxy) is 1. The quantitative estimate of drug-likeness (QED) is 0.603. The van der Waals surface area contributed by atoms with Crippen molar-refractivity contribution in [3.05, 3.63) is 52.1 Å². The average Bonchev–Trinajstić information content (AvgIpc) is 3.22. The van der Waals surface area contributed by atoms with Gasteiger partial charge in [0.25, 0.3) is 11.8 Å². The van der Waals surface area contributed by atoms with Crippen LogP contribution in [0.15, 0.2) is 18.2 Å². The Morgan fingerprint density at radius 2 is 2.06 bits per heavy atom. The summed E-state index contributed by atoms with van der Waals surface area (Å²) in [4.78, 5) is 30.9. The zero-order valence-corrected chi connectivity index (χ0v) is 18.7. The van der Waals surface area contributed by atoms with Crippen LogP contribution in [0, 0.1) is 25.6 Å². The second-order valence-corrected chi connectivity index (χ2v) is 8.59. The third-order valence-electron chi connectivity index (χ3n) is 6.04. The molecule has 1 saturated heterocycles. The molecule has 0 aliphatic carbocycles. The summed E-state index contributed by atoms with van der Waals surface area (Å²) < 4.78 is 19.1. The van der Waals surface area contributed by atoms with Crippen molar-refractivity contribution in [2.24, 2.45) is 5.92 Å². The van der Waals surface area contributed by atoms with Crippen LogP contribution in [-0.4, -0.2) is 61.1 Å². The van der Waals surface area contributed by atoms with Crippen molar-refractivity contribution < 1.29 is 18.7 Å². The first-order chi connectivity index (χ1) is 15.3. The van der Waals surface area contributed by atoms with Gasteiger partial charge in [0.1, 0.15) is 5.82 Å². The van der Waals surface area contributed by atoms with Crippen molar-refractivity contribution in [3.8, 4) is 0 Å². The summed E-state index contributed by atoms with van der Waals surface area (Å²) in [5.74, 6) is -0.527. The number of fused-ring (bicyclic) bond motifs is 1. The molecule has 3 heterocycles. The number of carbonyl (C=O) groups is 2. The minimum absolute atomic E-state index is 0.142. The Morgan fingerprint density at radius 1 is 1.31 bits per heavy atom. The lowest BCUT2D eigenvalue weighted by atomic mass is 10.0. The van der Waals surface area contributed by atoms with E-state index in [4.69, 9.17) is 4.74 Å². The number of hydrogen-bond acceptors (Lipinski definition) is 4. The summed E-state index contributed by atoms with van der Waals surface area (Å²) in [6.07, 6.45) is 1.68. The highest BCUT2D eigenvalue weighted by atomic mass is 19.1. The predicted octanol–water partition coefficient (Wildman–Crippen LogP) is 2.96. The second-order valence-electron chi connectivity index (χ2n) is 8.59. The van der Waals surface area contributed by atoms with E-state index in [-0.39, 0.29) is 11.8 Å². The van der Waals surface area contributed by atoms with E-state index in [1.165, 1.54) is 12.1 Å². The number of aromatic nitrogens is 1. The van der Waals surface area contributed by atoms with Crippen molar-refractivity contribution >= 4 is 29.2 Å². The summed E-state index contributed by atoms with van der Waals surface area (Å²) in [5, 5.41) is 5.79. The molecular formula is C24H29FN4O3. The van der Waals surface area contributed by atoms with Crippen molar-refractivity contribution in [2.45, 2.75) is 20.8 Å². The number of halogens is 1. The molecule has 0 bridgehead atoms. The normalized spacial score (nSPS) is 18.5. The second kappa shape index (κ2) is 9.26. The Morgan fingerprint density at radius 3 is 2.81 bits per heavy atom. The van der Waals surface area contributed by atoms with Crippen LogP contribution in [0.3, 0.4) is 0 Å². The standard InChI is InChI=1S/C24H29FN4O3/c1-14(13-29-6-8-32-9-7-29)12-26-24(31)22-15(2)21(27-16(22)3)11-19-18-10-17(25)4-5-20(18)28-23(19)30/h4-5,10-11,14,27H,6-9,12-13H2,1-3H3,(H,26,31)(H,28,30)/b19-11-/t14-/m0/s1. The molecule has 170 valence electrons. The van der Waals surface area contributed by atoms with Crippen LogP contribution in [0.1, 0.15) is 39.8 Å². The van der Waals surface area contributed by atoms with Crippen LogP contribution in [-0.2, 0) is 9.53 Å². The molecule has 2 aliphatic heterocycles. The Hall–Kier alpha value is -2.97. The molecule has 2 amide bonds. The SMILES string of the molecule is Cc1[nH]c(/C=C2\C(=O)Nc3ccc(F)cc32)c(C)c1C(=O)NC[C@H](C)CN1CCOCC1. The molecule has 8 heteroatoms. The van der Waals surface area contributed by atoms with E-state index in [9.17, 15) is 14.0 Å². The molecule has 32 heavy (non-hydrogen) atoms. The maximum atomic E-state index is 13.7. The molecule has 3 N–H and O–H groups in total. The summed E-state index contributed by atoms with van der Waals surface area (Å²) in [7, 11) is 0. The van der Waals surface area contributed by atoms with E-state index >= 15 is 0 Å². The molecule has 2 aromatic rings. The molecule has 1 aromatic carbocycles. The van der Waals surface area contributed by atoms with E-state index in [0.29, 0.717) is 40.5 Å². The van der Waals surface area contributed by atoms with Gasteiger partial charge in [-0.2, -0.15) is 0 Å². The zero-order chi connectivity index (χ0) is 22.8. The molecule has 0 saturated carbocycles. The number of amides is 2. The minimum atomic E-state index is -0.406.